The van der Waals surface area contributed by atoms with E-state index < -0.39 is 54.0 Å². The summed E-state index contributed by atoms with van der Waals surface area (Å²) in [6, 6.07) is 14.3. The van der Waals surface area contributed by atoms with Crippen molar-refractivity contribution in [2.45, 2.75) is 83.0 Å². The number of aromatic nitrogens is 1. The number of carboxylic acid groups (broad SMARTS) is 1. The molecule has 252 valence electrons. The lowest BCUT2D eigenvalue weighted by Crippen LogP contribution is -2.62. The van der Waals surface area contributed by atoms with Crippen LogP contribution in [0.15, 0.2) is 65.8 Å². The van der Waals surface area contributed by atoms with E-state index in [-0.39, 0.29) is 18.8 Å². The predicted molar refractivity (Wildman–Crippen MR) is 178 cm³/mol. The summed E-state index contributed by atoms with van der Waals surface area (Å²) in [5, 5.41) is 17.6. The lowest BCUT2D eigenvalue weighted by atomic mass is 10.0. The minimum absolute atomic E-state index is 0.161. The Morgan fingerprint density at radius 3 is 2.49 bits per heavy atom. The Bertz CT molecular complexity index is 1570. The number of nitrogens with two attached hydrogens (primary N) is 1. The van der Waals surface area contributed by atoms with E-state index in [4.69, 9.17) is 10.5 Å². The molecule has 3 amide bonds. The van der Waals surface area contributed by atoms with Crippen molar-refractivity contribution in [3.8, 4) is 0 Å². The molecule has 13 heteroatoms. The number of ether oxygens (including phenoxy) is 1. The van der Waals surface area contributed by atoms with Crippen LogP contribution in [0, 0.1) is 0 Å². The fourth-order valence-electron chi connectivity index (χ4n) is 5.37. The second-order valence-electron chi connectivity index (χ2n) is 12.6. The molecule has 47 heavy (non-hydrogen) atoms. The molecule has 2 aromatic carbocycles. The number of fused-ring (bicyclic) bond motifs is 1. The number of hydrogen-bond acceptors (Lipinski definition) is 8. The van der Waals surface area contributed by atoms with Crippen LogP contribution in [0.25, 0.3) is 10.9 Å². The van der Waals surface area contributed by atoms with Gasteiger partial charge in [-0.3, -0.25) is 29.8 Å². The molecule has 2 heterocycles. The number of unbranched alkanes of at least 4 members (excludes halogenated alkanes) is 1. The monoisotopic (exact) mass is 647 g/mol. The highest BCUT2D eigenvalue weighted by Crippen LogP contribution is 2.20. The summed E-state index contributed by atoms with van der Waals surface area (Å²) in [4.78, 5) is 59.6. The number of nitrogens with zero attached hydrogens (tertiary/aromatic N) is 2. The van der Waals surface area contributed by atoms with Crippen molar-refractivity contribution in [1.82, 2.24) is 26.1 Å². The molecule has 3 unspecified atom stereocenters. The van der Waals surface area contributed by atoms with Crippen molar-refractivity contribution < 1.29 is 29.0 Å². The third-order valence-electron chi connectivity index (χ3n) is 7.63. The van der Waals surface area contributed by atoms with Gasteiger partial charge in [-0.15, -0.1) is 0 Å². The highest BCUT2D eigenvalue weighted by atomic mass is 16.6. The van der Waals surface area contributed by atoms with Gasteiger partial charge in [-0.05, 0) is 70.2 Å². The SMILES string of the molecule is CC(C)(C)OC(=O)NC(Cc1c[nH]c2ccccc12)C(=O)NC(CCCCN)C1=NC(CC(=O)O)C(=O)N(CCc2ccccc2)N1. The van der Waals surface area contributed by atoms with E-state index in [1.54, 1.807) is 27.0 Å². The molecule has 0 radical (unpaired) electrons. The zero-order valence-electron chi connectivity index (χ0n) is 27.1. The average Bonchev–Trinajstić information content (AvgIpc) is 3.42. The molecule has 1 aliphatic rings. The summed E-state index contributed by atoms with van der Waals surface area (Å²) >= 11 is 0. The maximum absolute atomic E-state index is 14.0. The van der Waals surface area contributed by atoms with E-state index in [2.05, 4.69) is 26.0 Å². The third kappa shape index (κ3) is 10.3. The number of amidine groups is 1. The van der Waals surface area contributed by atoms with Gasteiger partial charge < -0.3 is 31.2 Å². The molecule has 4 rings (SSSR count). The van der Waals surface area contributed by atoms with Crippen molar-refractivity contribution in [2.75, 3.05) is 13.1 Å². The van der Waals surface area contributed by atoms with Crippen molar-refractivity contribution >= 4 is 40.6 Å². The van der Waals surface area contributed by atoms with E-state index in [9.17, 15) is 24.3 Å². The first-order valence-corrected chi connectivity index (χ1v) is 15.9. The summed E-state index contributed by atoms with van der Waals surface area (Å²) in [7, 11) is 0. The molecule has 0 saturated heterocycles. The van der Waals surface area contributed by atoms with Crippen LogP contribution in [-0.4, -0.2) is 81.6 Å². The zero-order valence-corrected chi connectivity index (χ0v) is 27.1. The number of alkyl carbamates (subject to hydrolysis) is 1. The molecular weight excluding hydrogens is 602 g/mol. The molecule has 3 atom stereocenters. The van der Waals surface area contributed by atoms with Gasteiger partial charge in [0.25, 0.3) is 5.91 Å². The number of aromatic amines is 1. The van der Waals surface area contributed by atoms with Crippen molar-refractivity contribution in [3.63, 3.8) is 0 Å². The van der Waals surface area contributed by atoms with Crippen LogP contribution in [0.2, 0.25) is 0 Å². The number of carbonyl (C=O) groups is 4. The quantitative estimate of drug-likeness (QED) is 0.136. The number of benzene rings is 2. The number of H-pyrrole nitrogens is 1. The van der Waals surface area contributed by atoms with Crippen molar-refractivity contribution in [2.24, 2.45) is 10.7 Å². The van der Waals surface area contributed by atoms with Gasteiger partial charge in [0.1, 0.15) is 23.5 Å². The zero-order chi connectivity index (χ0) is 34.0. The molecule has 13 nitrogen and oxygen atoms in total. The van der Waals surface area contributed by atoms with Crippen molar-refractivity contribution in [3.05, 3.63) is 71.9 Å². The summed E-state index contributed by atoms with van der Waals surface area (Å²) in [5.41, 5.74) is 10.8. The van der Waals surface area contributed by atoms with Gasteiger partial charge in [0.15, 0.2) is 0 Å². The Kier molecular flexibility index (Phi) is 12.0. The van der Waals surface area contributed by atoms with Gasteiger partial charge in [-0.1, -0.05) is 48.5 Å². The van der Waals surface area contributed by atoms with Crippen LogP contribution >= 0.6 is 0 Å². The molecule has 3 aromatic rings. The molecule has 0 saturated carbocycles. The Hall–Kier alpha value is -4.91. The highest BCUT2D eigenvalue weighted by molar-refractivity contribution is 6.00. The number of para-hydroxylation sites is 1. The molecule has 0 bridgehead atoms. The number of nitrogens with one attached hydrogen (secondary N) is 4. The largest absolute Gasteiger partial charge is 0.481 e. The number of carboxylic acids is 1. The molecular formula is C34H45N7O6. The summed E-state index contributed by atoms with van der Waals surface area (Å²) in [6.45, 7) is 5.90. The van der Waals surface area contributed by atoms with Gasteiger partial charge in [-0.25, -0.2) is 4.79 Å². The first kappa shape index (κ1) is 35.0. The van der Waals surface area contributed by atoms with Crippen LogP contribution in [-0.2, 0) is 32.0 Å². The van der Waals surface area contributed by atoms with Crippen LogP contribution in [0.3, 0.4) is 0 Å². The molecule has 0 fully saturated rings. The summed E-state index contributed by atoms with van der Waals surface area (Å²) in [5.74, 6) is -1.87. The number of aliphatic imine (C=N–C) groups is 1. The van der Waals surface area contributed by atoms with Gasteiger partial charge in [0, 0.05) is 30.1 Å². The minimum Gasteiger partial charge on any atom is -0.481 e. The first-order chi connectivity index (χ1) is 22.4. The van der Waals surface area contributed by atoms with Crippen LogP contribution in [0.5, 0.6) is 0 Å². The first-order valence-electron chi connectivity index (χ1n) is 15.9. The number of hydrogen-bond donors (Lipinski definition) is 6. The maximum atomic E-state index is 14.0. The van der Waals surface area contributed by atoms with Crippen LogP contribution in [0.1, 0.15) is 57.6 Å². The number of aliphatic carboxylic acids is 1. The molecule has 0 aliphatic carbocycles. The predicted octanol–water partition coefficient (Wildman–Crippen LogP) is 3.05. The second-order valence-corrected chi connectivity index (χ2v) is 12.6. The topological polar surface area (TPSA) is 191 Å². The van der Waals surface area contributed by atoms with E-state index in [1.807, 2.05) is 54.6 Å². The summed E-state index contributed by atoms with van der Waals surface area (Å²) < 4.78 is 5.48. The normalized spacial score (nSPS) is 16.2. The van der Waals surface area contributed by atoms with Gasteiger partial charge in [-0.2, -0.15) is 0 Å². The Balaban J connectivity index is 1.61. The van der Waals surface area contributed by atoms with Gasteiger partial charge >= 0.3 is 12.1 Å². The van der Waals surface area contributed by atoms with E-state index in [1.165, 1.54) is 5.01 Å². The van der Waals surface area contributed by atoms with Crippen LogP contribution in [0.4, 0.5) is 4.79 Å². The molecule has 1 aromatic heterocycles. The van der Waals surface area contributed by atoms with Gasteiger partial charge in [0.05, 0.1) is 12.5 Å². The van der Waals surface area contributed by atoms with E-state index in [0.29, 0.717) is 32.2 Å². The number of amides is 3. The lowest BCUT2D eigenvalue weighted by molar-refractivity contribution is -0.143. The third-order valence-corrected chi connectivity index (χ3v) is 7.63. The van der Waals surface area contributed by atoms with Crippen molar-refractivity contribution in [1.29, 1.82) is 0 Å². The standard InChI is InChI=1S/C34H45N7O6/c1-34(2,3)47-33(46)39-27(19-23-21-36-25-14-8-7-13-24(23)25)31(44)38-26(15-9-10-17-35)30-37-28(20-29(42)43)32(45)41(40-30)18-16-22-11-5-4-6-12-22/h4-8,11-14,21,26-28,36H,9-10,15-20,35H2,1-3H3,(H,37,40)(H,38,44)(H,39,46)(H,42,43). The molecule has 0 spiro atoms. The fourth-order valence-corrected chi connectivity index (χ4v) is 5.37. The highest BCUT2D eigenvalue weighted by Gasteiger charge is 2.35. The smallest absolute Gasteiger partial charge is 0.408 e. The number of carbonyl (C=O) groups excluding carboxylic acids is 3. The Morgan fingerprint density at radius 1 is 1.06 bits per heavy atom. The average molecular weight is 648 g/mol. The minimum atomic E-state index is -1.17. The Morgan fingerprint density at radius 2 is 1.79 bits per heavy atom. The lowest BCUT2D eigenvalue weighted by Gasteiger charge is -2.35. The fraction of sp³-hybridized carbons (Fsp3) is 0.441. The summed E-state index contributed by atoms with van der Waals surface area (Å²) in [6.07, 6.45) is 2.93. The van der Waals surface area contributed by atoms with Crippen LogP contribution < -0.4 is 21.8 Å². The number of hydrazine groups is 1. The second kappa shape index (κ2) is 16.1. The molecule has 7 N–H and O–H groups in total. The molecule has 1 aliphatic heterocycles. The van der Waals surface area contributed by atoms with E-state index >= 15 is 0 Å². The Labute approximate surface area is 274 Å². The van der Waals surface area contributed by atoms with Gasteiger partial charge in [0.2, 0.25) is 5.91 Å². The number of rotatable bonds is 15. The maximum Gasteiger partial charge on any atom is 0.408 e. The van der Waals surface area contributed by atoms with E-state index in [0.717, 1.165) is 22.0 Å².